The first-order valence-electron chi connectivity index (χ1n) is 3.28. The Balaban J connectivity index is 2.58. The predicted molar refractivity (Wildman–Crippen MR) is 49.5 cm³/mol. The Hall–Kier alpha value is 0.200. The number of aryl methyl sites for hydroxylation is 1. The van der Waals surface area contributed by atoms with Crippen molar-refractivity contribution in [3.05, 3.63) is 21.0 Å². The number of aliphatic hydroxyl groups excluding tert-OH is 1. The van der Waals surface area contributed by atoms with Gasteiger partial charge in [-0.15, -0.1) is 0 Å². The minimum absolute atomic E-state index is 0.204. The summed E-state index contributed by atoms with van der Waals surface area (Å²) in [5, 5.41) is 8.54. The molecule has 11 heavy (non-hydrogen) atoms. The van der Waals surface area contributed by atoms with Crippen LogP contribution in [0.25, 0.3) is 0 Å². The van der Waals surface area contributed by atoms with E-state index in [9.17, 15) is 0 Å². The van der Waals surface area contributed by atoms with E-state index in [1.165, 1.54) is 0 Å². The molecule has 2 nitrogen and oxygen atoms in total. The lowest BCUT2D eigenvalue weighted by Gasteiger charge is -1.90. The highest BCUT2D eigenvalue weighted by Crippen LogP contribution is 2.27. The van der Waals surface area contributed by atoms with Crippen LogP contribution in [0, 0.1) is 0 Å². The summed E-state index contributed by atoms with van der Waals surface area (Å²) >= 11 is 6.54. The van der Waals surface area contributed by atoms with Gasteiger partial charge < -0.3 is 9.52 Å². The second-order valence-electron chi connectivity index (χ2n) is 2.16. The molecule has 1 rings (SSSR count). The first-order chi connectivity index (χ1) is 5.24. The normalized spacial score (nSPS) is 10.5. The third kappa shape index (κ3) is 2.61. The zero-order chi connectivity index (χ0) is 8.27. The smallest absolute Gasteiger partial charge is 0.183 e. The summed E-state index contributed by atoms with van der Waals surface area (Å²) < 4.78 is 6.91. The molecule has 1 aromatic heterocycles. The Labute approximate surface area is 81.8 Å². The van der Waals surface area contributed by atoms with Crippen LogP contribution in [-0.2, 0) is 6.42 Å². The second kappa shape index (κ2) is 4.28. The van der Waals surface area contributed by atoms with Crippen molar-refractivity contribution in [1.82, 2.24) is 0 Å². The van der Waals surface area contributed by atoms with E-state index in [-0.39, 0.29) is 6.61 Å². The third-order valence-corrected chi connectivity index (χ3v) is 2.99. The van der Waals surface area contributed by atoms with Crippen LogP contribution in [0.3, 0.4) is 0 Å². The fourth-order valence-corrected chi connectivity index (χ4v) is 1.43. The van der Waals surface area contributed by atoms with Gasteiger partial charge in [-0.1, -0.05) is 0 Å². The molecule has 0 unspecified atom stereocenters. The van der Waals surface area contributed by atoms with Gasteiger partial charge >= 0.3 is 0 Å². The molecule has 1 N–H and O–H groups in total. The largest absolute Gasteiger partial charge is 0.453 e. The molecule has 0 aliphatic heterocycles. The van der Waals surface area contributed by atoms with E-state index >= 15 is 0 Å². The second-order valence-corrected chi connectivity index (χ2v) is 3.74. The monoisotopic (exact) mass is 282 g/mol. The van der Waals surface area contributed by atoms with Crippen LogP contribution in [0.15, 0.2) is 19.6 Å². The van der Waals surface area contributed by atoms with Crippen LogP contribution in [0.1, 0.15) is 12.2 Å². The van der Waals surface area contributed by atoms with Crippen molar-refractivity contribution in [3.63, 3.8) is 0 Å². The van der Waals surface area contributed by atoms with Gasteiger partial charge in [0.15, 0.2) is 4.67 Å². The van der Waals surface area contributed by atoms with Crippen molar-refractivity contribution in [2.75, 3.05) is 6.61 Å². The van der Waals surface area contributed by atoms with Crippen LogP contribution < -0.4 is 0 Å². The summed E-state index contributed by atoms with van der Waals surface area (Å²) in [5.41, 5.74) is 0. The molecule has 62 valence electrons. The van der Waals surface area contributed by atoms with E-state index in [1.807, 2.05) is 6.07 Å². The van der Waals surface area contributed by atoms with E-state index in [4.69, 9.17) is 9.52 Å². The highest BCUT2D eigenvalue weighted by molar-refractivity contribution is 9.13. The quantitative estimate of drug-likeness (QED) is 0.925. The Morgan fingerprint density at radius 1 is 1.45 bits per heavy atom. The van der Waals surface area contributed by atoms with Gasteiger partial charge in [0, 0.05) is 13.0 Å². The fraction of sp³-hybridized carbons (Fsp3) is 0.429. The van der Waals surface area contributed by atoms with Gasteiger partial charge in [-0.3, -0.25) is 0 Å². The highest BCUT2D eigenvalue weighted by Gasteiger charge is 2.04. The van der Waals surface area contributed by atoms with Crippen LogP contribution in [0.5, 0.6) is 0 Å². The van der Waals surface area contributed by atoms with Gasteiger partial charge in [-0.2, -0.15) is 0 Å². The lowest BCUT2D eigenvalue weighted by molar-refractivity contribution is 0.284. The molecule has 0 aromatic carbocycles. The Kier molecular flexibility index (Phi) is 3.62. The van der Waals surface area contributed by atoms with Gasteiger partial charge in [0.2, 0.25) is 0 Å². The maximum Gasteiger partial charge on any atom is 0.183 e. The average molecular weight is 284 g/mol. The summed E-state index contributed by atoms with van der Waals surface area (Å²) in [4.78, 5) is 0. The standard InChI is InChI=1S/C7H8Br2O2/c8-6-4-5(2-1-3-10)11-7(6)9/h4,10H,1-3H2. The predicted octanol–water partition coefficient (Wildman–Crippen LogP) is 2.73. The molecule has 0 fully saturated rings. The summed E-state index contributed by atoms with van der Waals surface area (Å²) in [6.45, 7) is 0.204. The van der Waals surface area contributed by atoms with Crippen LogP contribution >= 0.6 is 31.9 Å². The SMILES string of the molecule is OCCCc1cc(Br)c(Br)o1. The first-order valence-corrected chi connectivity index (χ1v) is 4.87. The zero-order valence-corrected chi connectivity index (χ0v) is 8.98. The van der Waals surface area contributed by atoms with Crippen molar-refractivity contribution in [2.45, 2.75) is 12.8 Å². The highest BCUT2D eigenvalue weighted by atomic mass is 79.9. The summed E-state index contributed by atoms with van der Waals surface area (Å²) in [6.07, 6.45) is 1.52. The minimum atomic E-state index is 0.204. The van der Waals surface area contributed by atoms with Crippen LogP contribution in [0.4, 0.5) is 0 Å². The van der Waals surface area contributed by atoms with E-state index in [0.29, 0.717) is 4.67 Å². The molecule has 0 atom stereocenters. The molecule has 1 aromatic rings. The van der Waals surface area contributed by atoms with E-state index in [1.54, 1.807) is 0 Å². The molecule has 0 bridgehead atoms. The topological polar surface area (TPSA) is 33.4 Å². The Morgan fingerprint density at radius 3 is 2.64 bits per heavy atom. The van der Waals surface area contributed by atoms with Gasteiger partial charge in [-0.25, -0.2) is 0 Å². The zero-order valence-electron chi connectivity index (χ0n) is 5.81. The number of hydrogen-bond donors (Lipinski definition) is 1. The molecule has 0 radical (unpaired) electrons. The summed E-state index contributed by atoms with van der Waals surface area (Å²) in [5.74, 6) is 0.887. The van der Waals surface area contributed by atoms with E-state index < -0.39 is 0 Å². The maximum atomic E-state index is 8.54. The Morgan fingerprint density at radius 2 is 2.18 bits per heavy atom. The van der Waals surface area contributed by atoms with Crippen molar-refractivity contribution in [2.24, 2.45) is 0 Å². The lowest BCUT2D eigenvalue weighted by atomic mass is 10.3. The molecular formula is C7H8Br2O2. The first kappa shape index (κ1) is 9.29. The lowest BCUT2D eigenvalue weighted by Crippen LogP contribution is -1.85. The van der Waals surface area contributed by atoms with Crippen molar-refractivity contribution in [1.29, 1.82) is 0 Å². The molecule has 0 aliphatic rings. The number of rotatable bonds is 3. The molecule has 0 aliphatic carbocycles. The summed E-state index contributed by atoms with van der Waals surface area (Å²) in [7, 11) is 0. The van der Waals surface area contributed by atoms with Crippen molar-refractivity contribution in [3.8, 4) is 0 Å². The average Bonchev–Trinajstić information content (AvgIpc) is 2.28. The molecule has 0 saturated carbocycles. The third-order valence-electron chi connectivity index (χ3n) is 1.28. The van der Waals surface area contributed by atoms with Gasteiger partial charge in [0.1, 0.15) is 5.76 Å². The van der Waals surface area contributed by atoms with Crippen LogP contribution in [0.2, 0.25) is 0 Å². The maximum absolute atomic E-state index is 8.54. The van der Waals surface area contributed by atoms with Crippen LogP contribution in [-0.4, -0.2) is 11.7 Å². The van der Waals surface area contributed by atoms with Crippen molar-refractivity contribution < 1.29 is 9.52 Å². The molecule has 4 heteroatoms. The van der Waals surface area contributed by atoms with Crippen molar-refractivity contribution >= 4 is 31.9 Å². The number of hydrogen-bond acceptors (Lipinski definition) is 2. The fourth-order valence-electron chi connectivity index (χ4n) is 0.768. The molecule has 0 saturated heterocycles. The number of halogens is 2. The van der Waals surface area contributed by atoms with E-state index in [0.717, 1.165) is 23.1 Å². The van der Waals surface area contributed by atoms with Gasteiger partial charge in [-0.05, 0) is 44.3 Å². The molecule has 0 spiro atoms. The summed E-state index contributed by atoms with van der Waals surface area (Å²) in [6, 6.07) is 1.90. The van der Waals surface area contributed by atoms with Gasteiger partial charge in [0.25, 0.3) is 0 Å². The molecule has 0 amide bonds. The minimum Gasteiger partial charge on any atom is -0.453 e. The molecular weight excluding hydrogens is 276 g/mol. The molecule has 1 heterocycles. The number of furan rings is 1. The Bertz CT molecular complexity index is 213. The number of aliphatic hydroxyl groups is 1. The van der Waals surface area contributed by atoms with Gasteiger partial charge in [0.05, 0.1) is 4.47 Å². The van der Waals surface area contributed by atoms with E-state index in [2.05, 4.69) is 31.9 Å².